The van der Waals surface area contributed by atoms with E-state index in [9.17, 15) is 13.2 Å². The molecule has 6 nitrogen and oxygen atoms in total. The van der Waals surface area contributed by atoms with Crippen molar-refractivity contribution in [3.05, 3.63) is 66.5 Å². The maximum atomic E-state index is 13.0. The highest BCUT2D eigenvalue weighted by Gasteiger charge is 2.33. The Balaban J connectivity index is 1.58. The van der Waals surface area contributed by atoms with Gasteiger partial charge in [-0.25, -0.2) is 8.42 Å². The zero-order chi connectivity index (χ0) is 18.9. The van der Waals surface area contributed by atoms with Gasteiger partial charge in [0, 0.05) is 30.5 Å². The maximum Gasteiger partial charge on any atom is 0.254 e. The monoisotopic (exact) mass is 381 g/mol. The molecule has 0 spiro atoms. The highest BCUT2D eigenvalue weighted by molar-refractivity contribution is 7.91. The summed E-state index contributed by atoms with van der Waals surface area (Å²) in [6.07, 6.45) is 4.68. The molecular formula is C20H19N3O3S. The summed E-state index contributed by atoms with van der Waals surface area (Å²) in [5.41, 5.74) is 1.88. The van der Waals surface area contributed by atoms with Crippen LogP contribution in [0.25, 0.3) is 11.0 Å². The molecule has 1 unspecified atom stereocenters. The van der Waals surface area contributed by atoms with Gasteiger partial charge in [0.05, 0.1) is 21.7 Å². The van der Waals surface area contributed by atoms with E-state index in [1.165, 1.54) is 0 Å². The molecule has 138 valence electrons. The summed E-state index contributed by atoms with van der Waals surface area (Å²) in [6.45, 7) is 0.562. The molecule has 7 heteroatoms. The number of likely N-dealkylation sites (tertiary alicyclic amines) is 1. The van der Waals surface area contributed by atoms with Crippen LogP contribution in [0.15, 0.2) is 65.8 Å². The van der Waals surface area contributed by atoms with Crippen LogP contribution in [-0.4, -0.2) is 47.5 Å². The van der Waals surface area contributed by atoms with Gasteiger partial charge in [-0.3, -0.25) is 14.8 Å². The van der Waals surface area contributed by atoms with Crippen molar-refractivity contribution in [3.63, 3.8) is 0 Å². The predicted octanol–water partition coefficient (Wildman–Crippen LogP) is 2.71. The Morgan fingerprint density at radius 1 is 1.04 bits per heavy atom. The number of sulfone groups is 1. The number of amides is 1. The quantitative estimate of drug-likeness (QED) is 0.694. The number of carbonyl (C=O) groups excluding carboxylic acids is 1. The molecule has 0 radical (unpaired) electrons. The van der Waals surface area contributed by atoms with Crippen molar-refractivity contribution in [2.45, 2.75) is 23.8 Å². The van der Waals surface area contributed by atoms with Crippen LogP contribution in [0.4, 0.5) is 0 Å². The first-order valence-corrected chi connectivity index (χ1v) is 10.5. The summed E-state index contributed by atoms with van der Waals surface area (Å²) in [5.74, 6) is -0.218. The molecule has 1 aliphatic heterocycles. The molecule has 1 aliphatic rings. The third-order valence-electron chi connectivity index (χ3n) is 4.87. The fourth-order valence-corrected chi connectivity index (χ4v) is 5.13. The van der Waals surface area contributed by atoms with Crippen LogP contribution in [0.3, 0.4) is 0 Å². The molecule has 1 fully saturated rings. The van der Waals surface area contributed by atoms with E-state index in [1.807, 2.05) is 0 Å². The molecule has 1 saturated heterocycles. The number of hydrogen-bond acceptors (Lipinski definition) is 5. The topological polar surface area (TPSA) is 80.2 Å². The Hall–Kier alpha value is -2.80. The number of carbonyl (C=O) groups is 1. The van der Waals surface area contributed by atoms with Crippen molar-refractivity contribution in [3.8, 4) is 0 Å². The predicted molar refractivity (Wildman–Crippen MR) is 102 cm³/mol. The first kappa shape index (κ1) is 17.6. The fourth-order valence-electron chi connectivity index (χ4n) is 3.52. The zero-order valence-electron chi connectivity index (χ0n) is 14.7. The molecule has 1 atom stereocenters. The van der Waals surface area contributed by atoms with E-state index in [4.69, 9.17) is 0 Å². The molecule has 2 heterocycles. The second kappa shape index (κ2) is 7.08. The number of benzene rings is 2. The standard InChI is InChI=1S/C20H19N3O3S/c24-20(15-8-9-18-19(13-15)22-11-10-21-18)23-12-4-5-16(23)14-27(25,26)17-6-2-1-3-7-17/h1-3,6-11,13,16H,4-5,12,14H2. The highest BCUT2D eigenvalue weighted by Crippen LogP contribution is 2.24. The molecule has 0 N–H and O–H groups in total. The van der Waals surface area contributed by atoms with Crippen LogP contribution in [-0.2, 0) is 9.84 Å². The second-order valence-electron chi connectivity index (χ2n) is 6.65. The molecule has 0 saturated carbocycles. The van der Waals surface area contributed by atoms with Crippen LogP contribution in [0.2, 0.25) is 0 Å². The third kappa shape index (κ3) is 3.55. The number of aromatic nitrogens is 2. The largest absolute Gasteiger partial charge is 0.335 e. The van der Waals surface area contributed by atoms with Gasteiger partial charge < -0.3 is 4.90 Å². The molecule has 1 aromatic heterocycles. The first-order valence-electron chi connectivity index (χ1n) is 8.84. The zero-order valence-corrected chi connectivity index (χ0v) is 15.5. The van der Waals surface area contributed by atoms with Gasteiger partial charge >= 0.3 is 0 Å². The lowest BCUT2D eigenvalue weighted by Gasteiger charge is -2.25. The summed E-state index contributed by atoms with van der Waals surface area (Å²) in [4.78, 5) is 23.4. The number of hydrogen-bond donors (Lipinski definition) is 0. The van der Waals surface area contributed by atoms with Crippen molar-refractivity contribution >= 4 is 26.8 Å². The Kier molecular flexibility index (Phi) is 4.61. The lowest BCUT2D eigenvalue weighted by Crippen LogP contribution is -2.39. The Morgan fingerprint density at radius 2 is 1.78 bits per heavy atom. The SMILES string of the molecule is O=C(c1ccc2nccnc2c1)N1CCCC1CS(=O)(=O)c1ccccc1. The van der Waals surface area contributed by atoms with Gasteiger partial charge in [0.1, 0.15) is 0 Å². The summed E-state index contributed by atoms with van der Waals surface area (Å²) < 4.78 is 25.4. The maximum absolute atomic E-state index is 13.0. The molecule has 0 bridgehead atoms. The van der Waals surface area contributed by atoms with Crippen molar-refractivity contribution in [1.82, 2.24) is 14.9 Å². The summed E-state index contributed by atoms with van der Waals surface area (Å²) >= 11 is 0. The fraction of sp³-hybridized carbons (Fsp3) is 0.250. The van der Waals surface area contributed by atoms with Gasteiger partial charge in [-0.2, -0.15) is 0 Å². The summed E-state index contributed by atoms with van der Waals surface area (Å²) in [7, 11) is -3.44. The lowest BCUT2D eigenvalue weighted by molar-refractivity contribution is 0.0749. The number of fused-ring (bicyclic) bond motifs is 1. The van der Waals surface area contributed by atoms with E-state index < -0.39 is 9.84 Å². The first-order chi connectivity index (χ1) is 13.0. The van der Waals surface area contributed by atoms with E-state index in [0.717, 1.165) is 11.9 Å². The Labute approximate surface area is 157 Å². The van der Waals surface area contributed by atoms with Gasteiger partial charge in [-0.15, -0.1) is 0 Å². The number of rotatable bonds is 4. The van der Waals surface area contributed by atoms with Gasteiger partial charge in [-0.05, 0) is 43.2 Å². The van der Waals surface area contributed by atoms with Crippen LogP contribution in [0, 0.1) is 0 Å². The normalized spacial score (nSPS) is 17.3. The molecule has 27 heavy (non-hydrogen) atoms. The number of nitrogens with zero attached hydrogens (tertiary/aromatic N) is 3. The minimum absolute atomic E-state index is 0.0594. The molecule has 1 amide bonds. The summed E-state index contributed by atoms with van der Waals surface area (Å²) in [6, 6.07) is 13.3. The van der Waals surface area contributed by atoms with Crippen molar-refractivity contribution < 1.29 is 13.2 Å². The smallest absolute Gasteiger partial charge is 0.254 e. The average Bonchev–Trinajstić information content (AvgIpc) is 3.15. The van der Waals surface area contributed by atoms with Crippen LogP contribution in [0.5, 0.6) is 0 Å². The minimum Gasteiger partial charge on any atom is -0.335 e. The molecule has 2 aromatic carbocycles. The third-order valence-corrected chi connectivity index (χ3v) is 6.68. The van der Waals surface area contributed by atoms with Gasteiger partial charge in [0.25, 0.3) is 5.91 Å². The molecular weight excluding hydrogens is 362 g/mol. The van der Waals surface area contributed by atoms with Crippen LogP contribution < -0.4 is 0 Å². The van der Waals surface area contributed by atoms with Crippen molar-refractivity contribution in [1.29, 1.82) is 0 Å². The van der Waals surface area contributed by atoms with Crippen molar-refractivity contribution in [2.24, 2.45) is 0 Å². The van der Waals surface area contributed by atoms with E-state index >= 15 is 0 Å². The van der Waals surface area contributed by atoms with Gasteiger partial charge in [-0.1, -0.05) is 18.2 Å². The van der Waals surface area contributed by atoms with Crippen LogP contribution in [0.1, 0.15) is 23.2 Å². The minimum atomic E-state index is -3.44. The lowest BCUT2D eigenvalue weighted by atomic mass is 10.1. The Morgan fingerprint density at radius 3 is 2.56 bits per heavy atom. The summed E-state index contributed by atoms with van der Waals surface area (Å²) in [5, 5.41) is 0. The van der Waals surface area contributed by atoms with E-state index in [-0.39, 0.29) is 17.7 Å². The average molecular weight is 381 g/mol. The van der Waals surface area contributed by atoms with Gasteiger partial charge in [0.15, 0.2) is 9.84 Å². The molecule has 0 aliphatic carbocycles. The molecule has 4 rings (SSSR count). The Bertz CT molecular complexity index is 1080. The highest BCUT2D eigenvalue weighted by atomic mass is 32.2. The van der Waals surface area contributed by atoms with Crippen LogP contribution >= 0.6 is 0 Å². The van der Waals surface area contributed by atoms with E-state index in [2.05, 4.69) is 9.97 Å². The second-order valence-corrected chi connectivity index (χ2v) is 8.68. The molecule has 3 aromatic rings. The van der Waals surface area contributed by atoms with Gasteiger partial charge in [0.2, 0.25) is 0 Å². The van der Waals surface area contributed by atoms with E-state index in [0.29, 0.717) is 28.9 Å². The van der Waals surface area contributed by atoms with E-state index in [1.54, 1.807) is 65.8 Å². The van der Waals surface area contributed by atoms with Crippen molar-refractivity contribution in [2.75, 3.05) is 12.3 Å².